The third kappa shape index (κ3) is 5.26. The van der Waals surface area contributed by atoms with Gasteiger partial charge in [-0.2, -0.15) is 0 Å². The zero-order valence-corrected chi connectivity index (χ0v) is 34.7. The second-order valence-electron chi connectivity index (χ2n) is 17.9. The minimum atomic E-state index is -0.261. The molecule has 0 fully saturated rings. The van der Waals surface area contributed by atoms with Gasteiger partial charge < -0.3 is 9.47 Å². The molecule has 0 atom stereocenters. The van der Waals surface area contributed by atoms with Crippen LogP contribution in [-0.2, 0) is 10.8 Å². The summed E-state index contributed by atoms with van der Waals surface area (Å²) in [6.45, 7) is 9.33. The molecule has 292 valence electrons. The molecule has 0 amide bonds. The van der Waals surface area contributed by atoms with Crippen LogP contribution < -0.4 is 4.90 Å². The normalized spacial score (nSPS) is 14.2. The van der Waals surface area contributed by atoms with E-state index in [4.69, 9.17) is 0 Å². The van der Waals surface area contributed by atoms with E-state index in [-0.39, 0.29) is 16.6 Å². The Bertz CT molecular complexity index is 3440. The number of halogens is 1. The third-order valence-corrected chi connectivity index (χ3v) is 13.8. The number of aromatic nitrogens is 1. The van der Waals surface area contributed by atoms with Crippen molar-refractivity contribution in [2.24, 2.45) is 0 Å². The molecular formula is C58H43FN2. The first-order valence-corrected chi connectivity index (χ1v) is 21.3. The second kappa shape index (κ2) is 12.9. The standard InChI is InChI=1S/C58H43FN2/c1-57(2)51-15-9-7-13-45(51)47-28-25-43(34-53(47)57)60(41-23-20-40(59)21-24-41)44-26-29-48-46-27-18-39(33-52(46)58(3,4)54(48)35-44)38-19-30-56-50(32-38)49-14-8-10-16-55(49)61(56)42-22-17-36-11-5-6-12-37(36)31-42/h5-35H,1-4H3. The van der Waals surface area contributed by atoms with Crippen molar-refractivity contribution in [3.05, 3.63) is 216 Å². The van der Waals surface area contributed by atoms with Crippen molar-refractivity contribution in [3.8, 4) is 39.1 Å². The average molecular weight is 787 g/mol. The summed E-state index contributed by atoms with van der Waals surface area (Å²) in [5.74, 6) is -0.245. The number of benzene rings is 9. The molecule has 3 heteroatoms. The van der Waals surface area contributed by atoms with E-state index in [1.807, 2.05) is 12.1 Å². The maximum atomic E-state index is 14.4. The van der Waals surface area contributed by atoms with E-state index in [2.05, 4.69) is 201 Å². The van der Waals surface area contributed by atoms with Crippen molar-refractivity contribution in [2.75, 3.05) is 4.90 Å². The fourth-order valence-corrected chi connectivity index (χ4v) is 10.7. The van der Waals surface area contributed by atoms with Crippen molar-refractivity contribution < 1.29 is 4.39 Å². The molecule has 2 aliphatic rings. The lowest BCUT2D eigenvalue weighted by Crippen LogP contribution is -2.18. The maximum absolute atomic E-state index is 14.4. The van der Waals surface area contributed by atoms with E-state index >= 15 is 0 Å². The van der Waals surface area contributed by atoms with Gasteiger partial charge in [-0.25, -0.2) is 4.39 Å². The van der Waals surface area contributed by atoms with Crippen LogP contribution in [0.4, 0.5) is 21.5 Å². The molecule has 0 N–H and O–H groups in total. The van der Waals surface area contributed by atoms with Crippen LogP contribution in [0.5, 0.6) is 0 Å². The summed E-state index contributed by atoms with van der Waals surface area (Å²) in [7, 11) is 0. The summed E-state index contributed by atoms with van der Waals surface area (Å²) in [5, 5.41) is 4.97. The van der Waals surface area contributed by atoms with Gasteiger partial charge in [0.05, 0.1) is 11.0 Å². The Balaban J connectivity index is 0.944. The van der Waals surface area contributed by atoms with Crippen molar-refractivity contribution in [1.29, 1.82) is 0 Å². The molecule has 0 bridgehead atoms. The predicted octanol–water partition coefficient (Wildman–Crippen LogP) is 15.8. The Morgan fingerprint density at radius 3 is 1.69 bits per heavy atom. The van der Waals surface area contributed by atoms with Gasteiger partial charge >= 0.3 is 0 Å². The van der Waals surface area contributed by atoms with E-state index in [0.717, 1.165) is 22.7 Å². The molecule has 61 heavy (non-hydrogen) atoms. The Hall–Kier alpha value is -7.23. The zero-order valence-electron chi connectivity index (χ0n) is 34.7. The number of anilines is 3. The van der Waals surface area contributed by atoms with E-state index in [0.29, 0.717) is 0 Å². The molecule has 1 heterocycles. The van der Waals surface area contributed by atoms with Crippen LogP contribution in [0, 0.1) is 5.82 Å². The van der Waals surface area contributed by atoms with E-state index in [9.17, 15) is 4.39 Å². The molecular weight excluding hydrogens is 744 g/mol. The maximum Gasteiger partial charge on any atom is 0.123 e. The number of fused-ring (bicyclic) bond motifs is 10. The van der Waals surface area contributed by atoms with Gasteiger partial charge in [-0.15, -0.1) is 0 Å². The van der Waals surface area contributed by atoms with E-state index in [1.165, 1.54) is 88.2 Å². The van der Waals surface area contributed by atoms with Crippen LogP contribution in [0.25, 0.3) is 71.6 Å². The summed E-state index contributed by atoms with van der Waals surface area (Å²) in [5.41, 5.74) is 19.0. The van der Waals surface area contributed by atoms with Gasteiger partial charge in [0.2, 0.25) is 0 Å². The minimum Gasteiger partial charge on any atom is -0.310 e. The number of hydrogen-bond acceptors (Lipinski definition) is 1. The first-order chi connectivity index (χ1) is 29.6. The van der Waals surface area contributed by atoms with Crippen molar-refractivity contribution >= 4 is 49.6 Å². The molecule has 0 aliphatic heterocycles. The van der Waals surface area contributed by atoms with Crippen LogP contribution in [0.3, 0.4) is 0 Å². The second-order valence-corrected chi connectivity index (χ2v) is 17.9. The molecule has 9 aromatic carbocycles. The highest BCUT2D eigenvalue weighted by molar-refractivity contribution is 6.11. The van der Waals surface area contributed by atoms with Gasteiger partial charge in [-0.05, 0) is 151 Å². The van der Waals surface area contributed by atoms with Crippen LogP contribution in [0.1, 0.15) is 49.9 Å². The van der Waals surface area contributed by atoms with Gasteiger partial charge in [0.15, 0.2) is 0 Å². The van der Waals surface area contributed by atoms with Crippen molar-refractivity contribution in [1.82, 2.24) is 4.57 Å². The molecule has 0 saturated carbocycles. The summed E-state index contributed by atoms with van der Waals surface area (Å²) < 4.78 is 16.8. The zero-order chi connectivity index (χ0) is 41.2. The van der Waals surface area contributed by atoms with Crippen LogP contribution in [0.2, 0.25) is 0 Å². The van der Waals surface area contributed by atoms with E-state index in [1.54, 1.807) is 12.1 Å². The summed E-state index contributed by atoms with van der Waals surface area (Å²) in [6.07, 6.45) is 0. The fourth-order valence-electron chi connectivity index (χ4n) is 10.7. The molecule has 10 aromatic rings. The molecule has 0 saturated heterocycles. The number of para-hydroxylation sites is 1. The van der Waals surface area contributed by atoms with Gasteiger partial charge in [-0.3, -0.25) is 0 Å². The van der Waals surface area contributed by atoms with E-state index < -0.39 is 0 Å². The molecule has 2 aliphatic carbocycles. The predicted molar refractivity (Wildman–Crippen MR) is 253 cm³/mol. The average Bonchev–Trinajstić information content (AvgIpc) is 3.83. The lowest BCUT2D eigenvalue weighted by atomic mass is 9.81. The third-order valence-electron chi connectivity index (χ3n) is 13.8. The molecule has 0 radical (unpaired) electrons. The first kappa shape index (κ1) is 35.7. The topological polar surface area (TPSA) is 8.17 Å². The van der Waals surface area contributed by atoms with Crippen LogP contribution in [0.15, 0.2) is 188 Å². The Morgan fingerprint density at radius 2 is 0.934 bits per heavy atom. The van der Waals surface area contributed by atoms with Gasteiger partial charge in [-0.1, -0.05) is 131 Å². The smallest absolute Gasteiger partial charge is 0.123 e. The highest BCUT2D eigenvalue weighted by Gasteiger charge is 2.38. The quantitative estimate of drug-likeness (QED) is 0.169. The fraction of sp³-hybridized carbons (Fsp3) is 0.103. The highest BCUT2D eigenvalue weighted by atomic mass is 19.1. The number of rotatable bonds is 5. The van der Waals surface area contributed by atoms with Crippen molar-refractivity contribution in [3.63, 3.8) is 0 Å². The number of nitrogens with zero attached hydrogens (tertiary/aromatic N) is 2. The SMILES string of the molecule is CC1(C)c2ccccc2-c2ccc(N(c3ccc(F)cc3)c3ccc4c(c3)C(C)(C)c3cc(-c5ccc6c(c5)c5ccccc5n6-c5ccc6ccccc6c5)ccc3-4)cc21. The van der Waals surface area contributed by atoms with Crippen LogP contribution >= 0.6 is 0 Å². The highest BCUT2D eigenvalue weighted by Crippen LogP contribution is 2.54. The Morgan fingerprint density at radius 1 is 0.393 bits per heavy atom. The minimum absolute atomic E-state index is 0.144. The lowest BCUT2D eigenvalue weighted by Gasteiger charge is -2.29. The summed E-state index contributed by atoms with van der Waals surface area (Å²) in [4.78, 5) is 2.28. The Kier molecular flexibility index (Phi) is 7.54. The van der Waals surface area contributed by atoms with Crippen molar-refractivity contribution in [2.45, 2.75) is 38.5 Å². The largest absolute Gasteiger partial charge is 0.310 e. The van der Waals surface area contributed by atoms with Gasteiger partial charge in [0, 0.05) is 44.4 Å². The van der Waals surface area contributed by atoms with Crippen LogP contribution in [-0.4, -0.2) is 4.57 Å². The molecule has 0 spiro atoms. The van der Waals surface area contributed by atoms with Gasteiger partial charge in [0.25, 0.3) is 0 Å². The number of hydrogen-bond donors (Lipinski definition) is 0. The summed E-state index contributed by atoms with van der Waals surface area (Å²) in [6, 6.07) is 67.4. The lowest BCUT2D eigenvalue weighted by molar-refractivity contribution is 0.628. The molecule has 12 rings (SSSR count). The molecule has 2 nitrogen and oxygen atoms in total. The molecule has 1 aromatic heterocycles. The molecule has 0 unspecified atom stereocenters. The Labute approximate surface area is 355 Å². The first-order valence-electron chi connectivity index (χ1n) is 21.3. The monoisotopic (exact) mass is 786 g/mol. The summed E-state index contributed by atoms with van der Waals surface area (Å²) >= 11 is 0. The van der Waals surface area contributed by atoms with Gasteiger partial charge in [0.1, 0.15) is 5.82 Å².